The van der Waals surface area contributed by atoms with E-state index in [9.17, 15) is 14.9 Å². The van der Waals surface area contributed by atoms with E-state index in [4.69, 9.17) is 0 Å². The summed E-state index contributed by atoms with van der Waals surface area (Å²) in [5, 5.41) is 10.7. The Labute approximate surface area is 123 Å². The Balaban J connectivity index is 2.28. The van der Waals surface area contributed by atoms with Crippen LogP contribution in [0.4, 0.5) is 5.69 Å². The highest BCUT2D eigenvalue weighted by Crippen LogP contribution is 2.20. The summed E-state index contributed by atoms with van der Waals surface area (Å²) in [5.41, 5.74) is 4.38. The molecule has 0 saturated carbocycles. The fraction of sp³-hybridized carbons (Fsp3) is 0.235. The second kappa shape index (κ2) is 5.87. The van der Waals surface area contributed by atoms with Gasteiger partial charge in [0.25, 0.3) is 5.69 Å². The third kappa shape index (κ3) is 3.34. The van der Waals surface area contributed by atoms with Crippen molar-refractivity contribution in [3.8, 4) is 0 Å². The van der Waals surface area contributed by atoms with Crippen molar-refractivity contribution in [2.45, 2.75) is 27.2 Å². The molecular weight excluding hydrogens is 266 g/mol. The number of rotatable bonds is 4. The molecule has 0 saturated heterocycles. The number of nitro benzene ring substituents is 1. The second-order valence-electron chi connectivity index (χ2n) is 5.29. The summed E-state index contributed by atoms with van der Waals surface area (Å²) in [5.74, 6) is -0.0175. The zero-order valence-corrected chi connectivity index (χ0v) is 12.3. The lowest BCUT2D eigenvalue weighted by molar-refractivity contribution is -0.384. The number of aryl methyl sites for hydroxylation is 3. The minimum Gasteiger partial charge on any atom is -0.294 e. The van der Waals surface area contributed by atoms with E-state index in [1.807, 2.05) is 32.0 Å². The van der Waals surface area contributed by atoms with E-state index < -0.39 is 4.92 Å². The van der Waals surface area contributed by atoms with Gasteiger partial charge in [0.05, 0.1) is 4.92 Å². The maximum absolute atomic E-state index is 12.4. The number of hydrogen-bond acceptors (Lipinski definition) is 3. The first-order valence-electron chi connectivity index (χ1n) is 6.73. The van der Waals surface area contributed by atoms with E-state index in [0.717, 1.165) is 16.7 Å². The Hall–Kier alpha value is -2.49. The molecule has 108 valence electrons. The molecule has 0 aliphatic heterocycles. The van der Waals surface area contributed by atoms with Crippen LogP contribution in [0, 0.1) is 30.9 Å². The molecule has 2 aromatic rings. The number of carbonyl (C=O) groups excluding carboxylic acids is 1. The van der Waals surface area contributed by atoms with E-state index in [-0.39, 0.29) is 11.5 Å². The minimum absolute atomic E-state index is 0.00999. The number of ketones is 1. The second-order valence-corrected chi connectivity index (χ2v) is 5.29. The lowest BCUT2D eigenvalue weighted by atomic mass is 9.95. The van der Waals surface area contributed by atoms with Crippen LogP contribution in [0.1, 0.15) is 32.6 Å². The third-order valence-electron chi connectivity index (χ3n) is 3.58. The first-order valence-corrected chi connectivity index (χ1v) is 6.73. The molecule has 0 fully saturated rings. The summed E-state index contributed by atoms with van der Waals surface area (Å²) in [6, 6.07) is 10.4. The molecule has 0 spiro atoms. The van der Waals surface area contributed by atoms with E-state index in [1.165, 1.54) is 12.1 Å². The van der Waals surface area contributed by atoms with Crippen LogP contribution in [0.15, 0.2) is 36.4 Å². The van der Waals surface area contributed by atoms with Crippen molar-refractivity contribution in [1.82, 2.24) is 0 Å². The fourth-order valence-electron chi connectivity index (χ4n) is 2.33. The van der Waals surface area contributed by atoms with Crippen LogP contribution >= 0.6 is 0 Å². The molecule has 0 aromatic heterocycles. The molecule has 0 amide bonds. The van der Waals surface area contributed by atoms with Crippen molar-refractivity contribution in [3.63, 3.8) is 0 Å². The zero-order chi connectivity index (χ0) is 15.6. The van der Waals surface area contributed by atoms with Gasteiger partial charge in [-0.15, -0.1) is 0 Å². The van der Waals surface area contributed by atoms with Crippen LogP contribution in [0.25, 0.3) is 0 Å². The standard InChI is InChI=1S/C17H17NO3/c1-11-4-5-12(2)14(8-11)10-17(19)16-7-6-15(18(20)21)9-13(16)3/h4-9H,10H2,1-3H3. The van der Waals surface area contributed by atoms with Gasteiger partial charge in [-0.2, -0.15) is 0 Å². The fourth-order valence-corrected chi connectivity index (χ4v) is 2.33. The quantitative estimate of drug-likeness (QED) is 0.485. The molecule has 0 aliphatic carbocycles. The van der Waals surface area contributed by atoms with Gasteiger partial charge in [0.15, 0.2) is 5.78 Å². The largest absolute Gasteiger partial charge is 0.294 e. The summed E-state index contributed by atoms with van der Waals surface area (Å²) in [7, 11) is 0. The molecule has 0 radical (unpaired) electrons. The SMILES string of the molecule is Cc1ccc(C)c(CC(=O)c2ccc([N+](=O)[O-])cc2C)c1. The van der Waals surface area contributed by atoms with E-state index in [1.54, 1.807) is 13.0 Å². The number of hydrogen-bond donors (Lipinski definition) is 0. The zero-order valence-electron chi connectivity index (χ0n) is 12.3. The van der Waals surface area contributed by atoms with Crippen LogP contribution in [0.5, 0.6) is 0 Å². The predicted molar refractivity (Wildman–Crippen MR) is 81.8 cm³/mol. The highest BCUT2D eigenvalue weighted by Gasteiger charge is 2.14. The molecule has 4 heteroatoms. The van der Waals surface area contributed by atoms with Crippen molar-refractivity contribution < 1.29 is 9.72 Å². The lowest BCUT2D eigenvalue weighted by Gasteiger charge is -2.08. The average Bonchev–Trinajstić information content (AvgIpc) is 2.42. The third-order valence-corrected chi connectivity index (χ3v) is 3.58. The molecule has 0 aliphatic rings. The van der Waals surface area contributed by atoms with Crippen LogP contribution in [-0.4, -0.2) is 10.7 Å². The van der Waals surface area contributed by atoms with Crippen molar-refractivity contribution in [3.05, 3.63) is 74.3 Å². The molecular formula is C17H17NO3. The monoisotopic (exact) mass is 283 g/mol. The van der Waals surface area contributed by atoms with Gasteiger partial charge in [-0.25, -0.2) is 0 Å². The average molecular weight is 283 g/mol. The van der Waals surface area contributed by atoms with E-state index in [0.29, 0.717) is 17.5 Å². The normalized spacial score (nSPS) is 10.4. The van der Waals surface area contributed by atoms with Gasteiger partial charge in [-0.1, -0.05) is 23.8 Å². The maximum Gasteiger partial charge on any atom is 0.269 e. The van der Waals surface area contributed by atoms with Crippen molar-refractivity contribution >= 4 is 11.5 Å². The van der Waals surface area contributed by atoms with Crippen molar-refractivity contribution in [2.24, 2.45) is 0 Å². The van der Waals surface area contributed by atoms with Gasteiger partial charge in [-0.05, 0) is 43.5 Å². The summed E-state index contributed by atoms with van der Waals surface area (Å²) in [6.45, 7) is 5.69. The first kappa shape index (κ1) is 14.9. The number of nitrogens with zero attached hydrogens (tertiary/aromatic N) is 1. The number of benzene rings is 2. The van der Waals surface area contributed by atoms with Gasteiger partial charge in [0, 0.05) is 24.1 Å². The van der Waals surface area contributed by atoms with Crippen LogP contribution < -0.4 is 0 Å². The Morgan fingerprint density at radius 1 is 1.05 bits per heavy atom. The summed E-state index contributed by atoms with van der Waals surface area (Å²) < 4.78 is 0. The molecule has 2 aromatic carbocycles. The Bertz CT molecular complexity index is 720. The molecule has 21 heavy (non-hydrogen) atoms. The summed E-state index contributed by atoms with van der Waals surface area (Å²) in [4.78, 5) is 22.7. The summed E-state index contributed by atoms with van der Waals surface area (Å²) >= 11 is 0. The smallest absolute Gasteiger partial charge is 0.269 e. The van der Waals surface area contributed by atoms with Crippen LogP contribution in [0.2, 0.25) is 0 Å². The highest BCUT2D eigenvalue weighted by atomic mass is 16.6. The van der Waals surface area contributed by atoms with Crippen molar-refractivity contribution in [2.75, 3.05) is 0 Å². The van der Waals surface area contributed by atoms with E-state index in [2.05, 4.69) is 0 Å². The van der Waals surface area contributed by atoms with Crippen molar-refractivity contribution in [1.29, 1.82) is 0 Å². The maximum atomic E-state index is 12.4. The molecule has 0 N–H and O–H groups in total. The lowest BCUT2D eigenvalue weighted by Crippen LogP contribution is -2.07. The Morgan fingerprint density at radius 2 is 1.76 bits per heavy atom. The first-order chi connectivity index (χ1) is 9.88. The number of non-ortho nitro benzene ring substituents is 1. The predicted octanol–water partition coefficient (Wildman–Crippen LogP) is 3.95. The van der Waals surface area contributed by atoms with Gasteiger partial charge < -0.3 is 0 Å². The van der Waals surface area contributed by atoms with Crippen LogP contribution in [0.3, 0.4) is 0 Å². The molecule has 0 bridgehead atoms. The molecule has 0 unspecified atom stereocenters. The number of nitro groups is 1. The number of Topliss-reactive ketones (excluding diaryl/α,β-unsaturated/α-hetero) is 1. The van der Waals surface area contributed by atoms with Gasteiger partial charge in [0.1, 0.15) is 0 Å². The van der Waals surface area contributed by atoms with Gasteiger partial charge in [0.2, 0.25) is 0 Å². The topological polar surface area (TPSA) is 60.2 Å². The molecule has 4 nitrogen and oxygen atoms in total. The molecule has 0 atom stereocenters. The summed E-state index contributed by atoms with van der Waals surface area (Å²) in [6.07, 6.45) is 0.312. The Kier molecular flexibility index (Phi) is 4.17. The number of carbonyl (C=O) groups is 1. The molecule has 0 heterocycles. The highest BCUT2D eigenvalue weighted by molar-refractivity contribution is 5.99. The van der Waals surface area contributed by atoms with E-state index >= 15 is 0 Å². The van der Waals surface area contributed by atoms with Gasteiger partial charge >= 0.3 is 0 Å². The van der Waals surface area contributed by atoms with Crippen LogP contribution in [-0.2, 0) is 6.42 Å². The Morgan fingerprint density at radius 3 is 2.38 bits per heavy atom. The minimum atomic E-state index is -0.452. The van der Waals surface area contributed by atoms with Gasteiger partial charge in [-0.3, -0.25) is 14.9 Å². The molecule has 2 rings (SSSR count).